The predicted molar refractivity (Wildman–Crippen MR) is 82.6 cm³/mol. The first-order valence-corrected chi connectivity index (χ1v) is 7.39. The van der Waals surface area contributed by atoms with Crippen molar-refractivity contribution in [2.24, 2.45) is 0 Å². The summed E-state index contributed by atoms with van der Waals surface area (Å²) in [4.78, 5) is 22.1. The van der Waals surface area contributed by atoms with Crippen molar-refractivity contribution in [2.75, 3.05) is 16.9 Å². The molecule has 0 unspecified atom stereocenters. The summed E-state index contributed by atoms with van der Waals surface area (Å²) < 4.78 is 0. The molecule has 0 saturated carbocycles. The van der Waals surface area contributed by atoms with Crippen molar-refractivity contribution >= 4 is 46.1 Å². The zero-order valence-electron chi connectivity index (χ0n) is 10.7. The fourth-order valence-electron chi connectivity index (χ4n) is 1.34. The maximum Gasteiger partial charge on any atom is 0.225 e. The maximum atomic E-state index is 11.3. The third kappa shape index (κ3) is 7.03. The molecule has 0 fully saturated rings. The van der Waals surface area contributed by atoms with Crippen LogP contribution in [0.25, 0.3) is 6.08 Å². The van der Waals surface area contributed by atoms with E-state index in [1.54, 1.807) is 6.92 Å². The van der Waals surface area contributed by atoms with Gasteiger partial charge in [-0.25, -0.2) is 0 Å². The molecule has 0 aliphatic carbocycles. The van der Waals surface area contributed by atoms with Gasteiger partial charge in [0.05, 0.1) is 0 Å². The smallest absolute Gasteiger partial charge is 0.225 e. The van der Waals surface area contributed by atoms with Crippen molar-refractivity contribution in [3.8, 4) is 0 Å². The van der Waals surface area contributed by atoms with Crippen molar-refractivity contribution in [1.29, 1.82) is 0 Å². The second-order valence-electron chi connectivity index (χ2n) is 3.81. The average molecular weight is 298 g/mol. The summed E-state index contributed by atoms with van der Waals surface area (Å²) in [6, 6.07) is 7.49. The fourth-order valence-corrected chi connectivity index (χ4v) is 1.94. The number of carbonyl (C=O) groups excluding carboxylic acids is 2. The Morgan fingerprint density at radius 2 is 2.00 bits per heavy atom. The lowest BCUT2D eigenvalue weighted by atomic mass is 10.2. The van der Waals surface area contributed by atoms with Crippen LogP contribution in [0.5, 0.6) is 0 Å². The van der Waals surface area contributed by atoms with Crippen molar-refractivity contribution in [3.05, 3.63) is 35.9 Å². The number of nitrogens with one attached hydrogen (secondary N) is 1. The molecule has 0 spiro atoms. The summed E-state index contributed by atoms with van der Waals surface area (Å²) in [5, 5.41) is 2.87. The molecule has 0 bridgehead atoms. The molecule has 19 heavy (non-hydrogen) atoms. The number of hydrogen-bond donors (Lipinski definition) is 1. The molecule has 1 aromatic carbocycles. The first-order chi connectivity index (χ1) is 9.11. The minimum Gasteiger partial charge on any atom is -0.326 e. The summed E-state index contributed by atoms with van der Waals surface area (Å²) in [6.07, 6.45) is 4.19. The predicted octanol–water partition coefficient (Wildman–Crippen LogP) is 3.55. The van der Waals surface area contributed by atoms with E-state index >= 15 is 0 Å². The van der Waals surface area contributed by atoms with Crippen LogP contribution >= 0.6 is 23.4 Å². The topological polar surface area (TPSA) is 46.2 Å². The molecule has 0 aliphatic rings. The van der Waals surface area contributed by atoms with Crippen LogP contribution in [0.1, 0.15) is 18.9 Å². The number of amides is 1. The molecule has 0 aliphatic heterocycles. The largest absolute Gasteiger partial charge is 0.326 e. The van der Waals surface area contributed by atoms with Gasteiger partial charge in [-0.2, -0.15) is 0 Å². The highest BCUT2D eigenvalue weighted by molar-refractivity contribution is 8.13. The number of alkyl halides is 1. The van der Waals surface area contributed by atoms with Gasteiger partial charge in [-0.1, -0.05) is 36.0 Å². The van der Waals surface area contributed by atoms with E-state index in [4.69, 9.17) is 11.6 Å². The van der Waals surface area contributed by atoms with Crippen LogP contribution in [0.3, 0.4) is 0 Å². The SMILES string of the molecule is CC(=O)SCC=Cc1ccc(NC(=O)CCCl)cc1. The summed E-state index contributed by atoms with van der Waals surface area (Å²) in [6.45, 7) is 1.55. The van der Waals surface area contributed by atoms with Gasteiger partial charge in [-0.05, 0) is 17.7 Å². The zero-order valence-corrected chi connectivity index (χ0v) is 12.3. The minimum atomic E-state index is -0.0869. The number of halogens is 1. The molecule has 0 heterocycles. The quantitative estimate of drug-likeness (QED) is 0.817. The van der Waals surface area contributed by atoms with Crippen LogP contribution in [0.4, 0.5) is 5.69 Å². The average Bonchev–Trinajstić information content (AvgIpc) is 2.36. The van der Waals surface area contributed by atoms with Gasteiger partial charge in [0.25, 0.3) is 0 Å². The number of benzene rings is 1. The standard InChI is InChI=1S/C14H16ClNO2S/c1-11(17)19-10-2-3-12-4-6-13(7-5-12)16-14(18)8-9-15/h2-7H,8-10H2,1H3,(H,16,18). The Labute approximate surface area is 122 Å². The molecule has 0 saturated heterocycles. The summed E-state index contributed by atoms with van der Waals surface area (Å²) in [5.74, 6) is 0.903. The molecule has 1 amide bonds. The van der Waals surface area contributed by atoms with Crippen LogP contribution in [0, 0.1) is 0 Å². The first kappa shape index (κ1) is 15.8. The molecule has 0 atom stereocenters. The number of rotatable bonds is 6. The molecule has 5 heteroatoms. The Hall–Kier alpha value is -1.26. The number of anilines is 1. The monoisotopic (exact) mass is 297 g/mol. The lowest BCUT2D eigenvalue weighted by Gasteiger charge is -2.03. The van der Waals surface area contributed by atoms with E-state index in [0.29, 0.717) is 18.1 Å². The molecule has 1 N–H and O–H groups in total. The number of thioether (sulfide) groups is 1. The fraction of sp³-hybridized carbons (Fsp3) is 0.286. The first-order valence-electron chi connectivity index (χ1n) is 5.87. The third-order valence-corrected chi connectivity index (χ3v) is 3.16. The second-order valence-corrected chi connectivity index (χ2v) is 5.39. The molecule has 1 rings (SSSR count). The minimum absolute atomic E-state index is 0.0869. The van der Waals surface area contributed by atoms with Gasteiger partial charge < -0.3 is 5.32 Å². The van der Waals surface area contributed by atoms with Crippen molar-refractivity contribution in [2.45, 2.75) is 13.3 Å². The normalized spacial score (nSPS) is 10.6. The van der Waals surface area contributed by atoms with Crippen LogP contribution < -0.4 is 5.32 Å². The van der Waals surface area contributed by atoms with Gasteiger partial charge in [-0.3, -0.25) is 9.59 Å². The Morgan fingerprint density at radius 1 is 1.32 bits per heavy atom. The Kier molecular flexibility index (Phi) is 7.30. The highest BCUT2D eigenvalue weighted by atomic mass is 35.5. The summed E-state index contributed by atoms with van der Waals surface area (Å²) in [5.41, 5.74) is 1.78. The Balaban J connectivity index is 2.47. The number of carbonyl (C=O) groups is 2. The molecular weight excluding hydrogens is 282 g/mol. The highest BCUT2D eigenvalue weighted by Gasteiger charge is 2.00. The van der Waals surface area contributed by atoms with Crippen LogP contribution in [0.15, 0.2) is 30.3 Å². The van der Waals surface area contributed by atoms with E-state index in [-0.39, 0.29) is 11.0 Å². The van der Waals surface area contributed by atoms with Crippen molar-refractivity contribution in [1.82, 2.24) is 0 Å². The summed E-state index contributed by atoms with van der Waals surface area (Å²) in [7, 11) is 0. The van der Waals surface area contributed by atoms with Crippen molar-refractivity contribution < 1.29 is 9.59 Å². The van der Waals surface area contributed by atoms with E-state index in [0.717, 1.165) is 11.3 Å². The van der Waals surface area contributed by atoms with Gasteiger partial charge in [0.1, 0.15) is 0 Å². The Morgan fingerprint density at radius 3 is 2.58 bits per heavy atom. The van der Waals surface area contributed by atoms with Gasteiger partial charge in [0.15, 0.2) is 5.12 Å². The molecule has 0 radical (unpaired) electrons. The molecule has 0 aromatic heterocycles. The number of hydrogen-bond acceptors (Lipinski definition) is 3. The lowest BCUT2D eigenvalue weighted by molar-refractivity contribution is -0.115. The van der Waals surface area contributed by atoms with Crippen LogP contribution in [-0.2, 0) is 9.59 Å². The van der Waals surface area contributed by atoms with Gasteiger partial charge in [0.2, 0.25) is 5.91 Å². The lowest BCUT2D eigenvalue weighted by Crippen LogP contribution is -2.11. The van der Waals surface area contributed by atoms with E-state index in [9.17, 15) is 9.59 Å². The van der Waals surface area contributed by atoms with E-state index in [2.05, 4.69) is 5.32 Å². The van der Waals surface area contributed by atoms with E-state index in [1.807, 2.05) is 36.4 Å². The van der Waals surface area contributed by atoms with Gasteiger partial charge >= 0.3 is 0 Å². The van der Waals surface area contributed by atoms with Crippen LogP contribution in [0.2, 0.25) is 0 Å². The maximum absolute atomic E-state index is 11.3. The zero-order chi connectivity index (χ0) is 14.1. The Bertz CT molecular complexity index is 457. The molecular formula is C14H16ClNO2S. The molecule has 102 valence electrons. The van der Waals surface area contributed by atoms with E-state index in [1.165, 1.54) is 11.8 Å². The highest BCUT2D eigenvalue weighted by Crippen LogP contribution is 2.12. The van der Waals surface area contributed by atoms with Crippen LogP contribution in [-0.4, -0.2) is 22.7 Å². The van der Waals surface area contributed by atoms with Gasteiger partial charge in [0, 0.05) is 30.7 Å². The second kappa shape index (κ2) is 8.77. The van der Waals surface area contributed by atoms with Crippen molar-refractivity contribution in [3.63, 3.8) is 0 Å². The molecule has 3 nitrogen and oxygen atoms in total. The summed E-state index contributed by atoms with van der Waals surface area (Å²) >= 11 is 6.76. The van der Waals surface area contributed by atoms with E-state index < -0.39 is 0 Å². The molecule has 1 aromatic rings. The van der Waals surface area contributed by atoms with Gasteiger partial charge in [-0.15, -0.1) is 11.6 Å². The third-order valence-electron chi connectivity index (χ3n) is 2.21.